The molecule has 3 nitrogen and oxygen atoms in total. The minimum absolute atomic E-state index is 1.09. The third-order valence-electron chi connectivity index (χ3n) is 15.3. The van der Waals surface area contributed by atoms with Crippen molar-refractivity contribution < 1.29 is 0 Å². The molecule has 0 aliphatic carbocycles. The van der Waals surface area contributed by atoms with Crippen molar-refractivity contribution in [1.29, 1.82) is 0 Å². The Balaban J connectivity index is 0.925. The first-order valence-electron chi connectivity index (χ1n) is 26.0. The lowest BCUT2D eigenvalue weighted by atomic mass is 9.92. The molecule has 0 N–H and O–H groups in total. The maximum atomic E-state index is 2.45. The molecular formula is C72H47N3S. The van der Waals surface area contributed by atoms with Gasteiger partial charge in [0.2, 0.25) is 0 Å². The van der Waals surface area contributed by atoms with Crippen LogP contribution in [0.5, 0.6) is 0 Å². The largest absolute Gasteiger partial charge is 0.309 e. The van der Waals surface area contributed by atoms with Crippen LogP contribution < -0.4 is 4.90 Å². The number of fused-ring (bicyclic) bond motifs is 9. The predicted octanol–water partition coefficient (Wildman–Crippen LogP) is 20.4. The van der Waals surface area contributed by atoms with Crippen molar-refractivity contribution in [3.8, 4) is 55.9 Å². The number of nitrogens with zero attached hydrogens (tertiary/aromatic N) is 3. The van der Waals surface area contributed by atoms with Crippen molar-refractivity contribution in [2.24, 2.45) is 0 Å². The minimum Gasteiger partial charge on any atom is -0.309 e. The SMILES string of the molecule is c1ccc(-c2ccc(N(c3ccc(-c4cc(-c5ccc6c(c5)c5ccccc5n6-c5ccccc5)cc(-c5cccc6c7ccccc7n(-c7ccccc7)c56)c4)cc3)c3cccc4c3sc3ccccc34)cc2)cc1. The highest BCUT2D eigenvalue weighted by Crippen LogP contribution is 2.47. The van der Waals surface area contributed by atoms with E-state index in [2.05, 4.69) is 299 Å². The Morgan fingerprint density at radius 1 is 0.276 bits per heavy atom. The van der Waals surface area contributed by atoms with Crippen LogP contribution in [0.15, 0.2) is 285 Å². The van der Waals surface area contributed by atoms with E-state index in [0.717, 1.165) is 50.7 Å². The van der Waals surface area contributed by atoms with Gasteiger partial charge in [-0.3, -0.25) is 0 Å². The second-order valence-electron chi connectivity index (χ2n) is 19.7. The summed E-state index contributed by atoms with van der Waals surface area (Å²) in [6.45, 7) is 0. The summed E-state index contributed by atoms with van der Waals surface area (Å²) in [6, 6.07) is 105. The Morgan fingerprint density at radius 2 is 0.750 bits per heavy atom. The normalized spacial score (nSPS) is 11.7. The fraction of sp³-hybridized carbons (Fsp3) is 0. The van der Waals surface area contributed by atoms with E-state index in [4.69, 9.17) is 0 Å². The Bertz CT molecular complexity index is 4660. The lowest BCUT2D eigenvalue weighted by Crippen LogP contribution is -2.10. The second kappa shape index (κ2) is 18.0. The van der Waals surface area contributed by atoms with Crippen LogP contribution in [-0.2, 0) is 0 Å². The molecule has 0 spiro atoms. The topological polar surface area (TPSA) is 13.1 Å². The molecule has 15 aromatic rings. The first-order chi connectivity index (χ1) is 37.7. The molecule has 356 valence electrons. The Morgan fingerprint density at radius 3 is 1.45 bits per heavy atom. The van der Waals surface area contributed by atoms with Crippen LogP contribution in [-0.4, -0.2) is 9.13 Å². The highest BCUT2D eigenvalue weighted by atomic mass is 32.1. The maximum absolute atomic E-state index is 2.45. The molecule has 0 radical (unpaired) electrons. The van der Waals surface area contributed by atoms with Crippen molar-refractivity contribution in [3.05, 3.63) is 285 Å². The van der Waals surface area contributed by atoms with Gasteiger partial charge in [-0.1, -0.05) is 182 Å². The number of thiophene rings is 1. The second-order valence-corrected chi connectivity index (χ2v) is 20.7. The average Bonchev–Trinajstić information content (AvgIpc) is 4.20. The number of para-hydroxylation sites is 5. The zero-order valence-corrected chi connectivity index (χ0v) is 42.2. The van der Waals surface area contributed by atoms with Crippen molar-refractivity contribution >= 4 is 92.2 Å². The molecule has 15 rings (SSSR count). The maximum Gasteiger partial charge on any atom is 0.0640 e. The number of rotatable bonds is 9. The quantitative estimate of drug-likeness (QED) is 0.140. The lowest BCUT2D eigenvalue weighted by Gasteiger charge is -2.26. The zero-order valence-electron chi connectivity index (χ0n) is 41.4. The Kier molecular flexibility index (Phi) is 10.4. The van der Waals surface area contributed by atoms with Gasteiger partial charge in [-0.25, -0.2) is 0 Å². The lowest BCUT2D eigenvalue weighted by molar-refractivity contribution is 1.18. The van der Waals surface area contributed by atoms with Crippen molar-refractivity contribution in [2.75, 3.05) is 4.90 Å². The molecule has 0 aliphatic rings. The monoisotopic (exact) mass is 985 g/mol. The van der Waals surface area contributed by atoms with Gasteiger partial charge in [-0.05, 0) is 142 Å². The summed E-state index contributed by atoms with van der Waals surface area (Å²) in [5, 5.41) is 7.49. The van der Waals surface area contributed by atoms with Gasteiger partial charge in [-0.2, -0.15) is 0 Å². The Hall–Kier alpha value is -9.74. The van der Waals surface area contributed by atoms with Crippen LogP contribution in [0.1, 0.15) is 0 Å². The number of anilines is 3. The van der Waals surface area contributed by atoms with Crippen molar-refractivity contribution in [1.82, 2.24) is 9.13 Å². The molecule has 0 unspecified atom stereocenters. The summed E-state index contributed by atoms with van der Waals surface area (Å²) in [4.78, 5) is 2.43. The first kappa shape index (κ1) is 43.8. The van der Waals surface area contributed by atoms with Gasteiger partial charge in [0, 0.05) is 65.3 Å². The van der Waals surface area contributed by atoms with Crippen LogP contribution in [0.2, 0.25) is 0 Å². The molecule has 0 saturated heterocycles. The van der Waals surface area contributed by atoms with Crippen LogP contribution in [0.4, 0.5) is 17.1 Å². The fourth-order valence-electron chi connectivity index (χ4n) is 11.8. The summed E-state index contributed by atoms with van der Waals surface area (Å²) in [5.41, 5.74) is 19.8. The van der Waals surface area contributed by atoms with Crippen molar-refractivity contribution in [2.45, 2.75) is 0 Å². The third kappa shape index (κ3) is 7.26. The van der Waals surface area contributed by atoms with Gasteiger partial charge in [0.15, 0.2) is 0 Å². The van der Waals surface area contributed by atoms with Gasteiger partial charge in [0.05, 0.1) is 32.5 Å². The van der Waals surface area contributed by atoms with E-state index >= 15 is 0 Å². The molecule has 0 atom stereocenters. The zero-order chi connectivity index (χ0) is 50.1. The molecule has 3 heterocycles. The van der Waals surface area contributed by atoms with Gasteiger partial charge < -0.3 is 14.0 Å². The van der Waals surface area contributed by atoms with Gasteiger partial charge in [0.25, 0.3) is 0 Å². The van der Waals surface area contributed by atoms with E-state index in [1.54, 1.807) is 0 Å². The predicted molar refractivity (Wildman–Crippen MR) is 324 cm³/mol. The first-order valence-corrected chi connectivity index (χ1v) is 26.8. The molecule has 0 amide bonds. The van der Waals surface area contributed by atoms with E-state index in [0.29, 0.717) is 0 Å². The molecule has 4 heteroatoms. The van der Waals surface area contributed by atoms with E-state index in [1.165, 1.54) is 86.0 Å². The van der Waals surface area contributed by atoms with Crippen LogP contribution >= 0.6 is 11.3 Å². The molecule has 0 bridgehead atoms. The number of benzene rings is 12. The summed E-state index contributed by atoms with van der Waals surface area (Å²) < 4.78 is 7.40. The van der Waals surface area contributed by atoms with E-state index in [-0.39, 0.29) is 0 Å². The van der Waals surface area contributed by atoms with E-state index in [1.807, 2.05) is 11.3 Å². The summed E-state index contributed by atoms with van der Waals surface area (Å²) in [6.07, 6.45) is 0. The molecule has 0 saturated carbocycles. The molecule has 12 aromatic carbocycles. The fourth-order valence-corrected chi connectivity index (χ4v) is 13.0. The Labute approximate surface area is 444 Å². The summed E-state index contributed by atoms with van der Waals surface area (Å²) in [7, 11) is 0. The molecule has 0 fully saturated rings. The standard InChI is InChI=1S/C72H47N3S/c1-4-18-48(19-5-1)49-34-39-57(40-35-49)73(69-32-17-29-64-62-26-12-15-33-70(62)76-72(64)69)58-41-36-50(37-42-58)52-44-53(51-38-43-68-65(47-51)61-25-11-13-30-66(61)74(68)55-20-6-2-7-21-55)46-54(45-52)59-27-16-28-63-60-24-10-14-31-67(60)75(71(59)63)56-22-8-3-9-23-56/h1-47H. The smallest absolute Gasteiger partial charge is 0.0640 e. The molecule has 0 aliphatic heterocycles. The summed E-state index contributed by atoms with van der Waals surface area (Å²) >= 11 is 1.86. The van der Waals surface area contributed by atoms with Gasteiger partial charge in [0.1, 0.15) is 0 Å². The number of hydrogen-bond acceptors (Lipinski definition) is 2. The van der Waals surface area contributed by atoms with Gasteiger partial charge in [-0.15, -0.1) is 11.3 Å². The van der Waals surface area contributed by atoms with Crippen molar-refractivity contribution in [3.63, 3.8) is 0 Å². The van der Waals surface area contributed by atoms with Crippen LogP contribution in [0.3, 0.4) is 0 Å². The van der Waals surface area contributed by atoms with Gasteiger partial charge >= 0.3 is 0 Å². The molecule has 3 aromatic heterocycles. The van der Waals surface area contributed by atoms with E-state index < -0.39 is 0 Å². The van der Waals surface area contributed by atoms with Crippen LogP contribution in [0.25, 0.3) is 120 Å². The minimum atomic E-state index is 1.09. The number of aromatic nitrogens is 2. The third-order valence-corrected chi connectivity index (χ3v) is 16.5. The highest BCUT2D eigenvalue weighted by molar-refractivity contribution is 7.26. The highest BCUT2D eigenvalue weighted by Gasteiger charge is 2.21. The van der Waals surface area contributed by atoms with Crippen LogP contribution in [0, 0.1) is 0 Å². The molecule has 76 heavy (non-hydrogen) atoms. The average molecular weight is 986 g/mol. The molecular weight excluding hydrogens is 939 g/mol. The summed E-state index contributed by atoms with van der Waals surface area (Å²) in [5.74, 6) is 0. The van der Waals surface area contributed by atoms with E-state index in [9.17, 15) is 0 Å². The number of hydrogen-bond donors (Lipinski definition) is 0.